The van der Waals surface area contributed by atoms with Gasteiger partial charge in [-0.2, -0.15) is 0 Å². The van der Waals surface area contributed by atoms with Crippen LogP contribution in [0.5, 0.6) is 5.75 Å². The molecule has 0 saturated heterocycles. The van der Waals surface area contributed by atoms with Crippen LogP contribution >= 0.6 is 0 Å². The Bertz CT molecular complexity index is 1310. The van der Waals surface area contributed by atoms with Gasteiger partial charge in [0, 0.05) is 35.2 Å². The third-order valence-corrected chi connectivity index (χ3v) is 5.69. The number of hydrogen-bond donors (Lipinski definition) is 2. The van der Waals surface area contributed by atoms with Gasteiger partial charge in [-0.05, 0) is 78.6 Å². The molecule has 1 heterocycles. The molecule has 4 aromatic rings. The topological polar surface area (TPSA) is 77.5 Å². The zero-order chi connectivity index (χ0) is 23.5. The molecule has 0 bridgehead atoms. The smallest absolute Gasteiger partial charge is 0.307 e. The molecule has 0 spiro atoms. The first-order valence-corrected chi connectivity index (χ1v) is 10.9. The molecule has 3 aromatic carbocycles. The fraction of sp³-hybridized carbons (Fsp3) is 0.222. The quantitative estimate of drug-likeness (QED) is 0.364. The number of carboxylic acids is 1. The molecule has 0 aliphatic carbocycles. The van der Waals surface area contributed by atoms with Crippen molar-refractivity contribution < 1.29 is 19.0 Å². The van der Waals surface area contributed by atoms with Crippen LogP contribution < -0.4 is 10.5 Å². The molecule has 0 amide bonds. The number of carboxylic acid groups (broad SMARTS) is 1. The number of aromatic nitrogens is 1. The summed E-state index contributed by atoms with van der Waals surface area (Å²) in [5.41, 5.74) is 11.4. The van der Waals surface area contributed by atoms with Crippen LogP contribution in [-0.2, 0) is 24.4 Å². The summed E-state index contributed by atoms with van der Waals surface area (Å²) >= 11 is 0. The van der Waals surface area contributed by atoms with Crippen molar-refractivity contribution in [2.75, 3.05) is 0 Å². The SMILES string of the molecule is CC(C)n1ccc2c(-c3cccc(CN)c3)cc(COc3ccc(F)cc3CC(=O)O)cc21. The highest BCUT2D eigenvalue weighted by Gasteiger charge is 2.14. The molecular formula is C27H27FN2O3. The average Bonchev–Trinajstić information content (AvgIpc) is 3.22. The number of fused-ring (bicyclic) bond motifs is 1. The number of halogens is 1. The Morgan fingerprint density at radius 1 is 1.09 bits per heavy atom. The lowest BCUT2D eigenvalue weighted by Gasteiger charge is -2.15. The molecule has 5 nitrogen and oxygen atoms in total. The molecule has 0 aliphatic heterocycles. The summed E-state index contributed by atoms with van der Waals surface area (Å²) in [6, 6.07) is 18.7. The number of aliphatic carboxylic acids is 1. The van der Waals surface area contributed by atoms with Crippen molar-refractivity contribution in [1.29, 1.82) is 0 Å². The Hall–Kier alpha value is -3.64. The van der Waals surface area contributed by atoms with E-state index in [1.807, 2.05) is 12.1 Å². The van der Waals surface area contributed by atoms with Gasteiger partial charge in [0.2, 0.25) is 0 Å². The maximum absolute atomic E-state index is 13.7. The first kappa shape index (κ1) is 22.6. The Balaban J connectivity index is 1.75. The molecule has 3 N–H and O–H groups in total. The highest BCUT2D eigenvalue weighted by Crippen LogP contribution is 2.33. The van der Waals surface area contributed by atoms with Crippen molar-refractivity contribution in [3.8, 4) is 16.9 Å². The fourth-order valence-electron chi connectivity index (χ4n) is 4.11. The van der Waals surface area contributed by atoms with E-state index in [0.29, 0.717) is 17.9 Å². The van der Waals surface area contributed by atoms with Crippen molar-refractivity contribution in [3.05, 3.63) is 89.4 Å². The van der Waals surface area contributed by atoms with Crippen LogP contribution in [0.3, 0.4) is 0 Å². The van der Waals surface area contributed by atoms with Crippen LogP contribution in [0.1, 0.15) is 36.6 Å². The lowest BCUT2D eigenvalue weighted by molar-refractivity contribution is -0.136. The van der Waals surface area contributed by atoms with Gasteiger partial charge in [-0.1, -0.05) is 18.2 Å². The predicted octanol–water partition coefficient (Wildman–Crippen LogP) is 5.69. The molecule has 1 aromatic heterocycles. The number of ether oxygens (including phenoxy) is 1. The molecule has 6 heteroatoms. The van der Waals surface area contributed by atoms with E-state index in [4.69, 9.17) is 15.6 Å². The van der Waals surface area contributed by atoms with Crippen LogP contribution in [0.2, 0.25) is 0 Å². The molecule has 170 valence electrons. The van der Waals surface area contributed by atoms with E-state index in [-0.39, 0.29) is 19.1 Å². The summed E-state index contributed by atoms with van der Waals surface area (Å²) in [6.07, 6.45) is 1.78. The molecule has 0 unspecified atom stereocenters. The molecule has 0 radical (unpaired) electrons. The van der Waals surface area contributed by atoms with E-state index >= 15 is 0 Å². The molecular weight excluding hydrogens is 419 g/mol. The Labute approximate surface area is 192 Å². The zero-order valence-corrected chi connectivity index (χ0v) is 18.7. The first-order valence-electron chi connectivity index (χ1n) is 10.9. The minimum atomic E-state index is -1.04. The van der Waals surface area contributed by atoms with Crippen LogP contribution in [-0.4, -0.2) is 15.6 Å². The van der Waals surface area contributed by atoms with E-state index in [1.54, 1.807) is 0 Å². The van der Waals surface area contributed by atoms with Crippen molar-refractivity contribution in [1.82, 2.24) is 4.57 Å². The summed E-state index contributed by atoms with van der Waals surface area (Å²) in [6.45, 7) is 4.95. The largest absolute Gasteiger partial charge is 0.489 e. The van der Waals surface area contributed by atoms with Gasteiger partial charge in [0.15, 0.2) is 0 Å². The third-order valence-electron chi connectivity index (χ3n) is 5.69. The van der Waals surface area contributed by atoms with Crippen molar-refractivity contribution >= 4 is 16.9 Å². The molecule has 0 fully saturated rings. The monoisotopic (exact) mass is 446 g/mol. The molecule has 0 aliphatic rings. The minimum absolute atomic E-state index is 0.223. The maximum Gasteiger partial charge on any atom is 0.307 e. The average molecular weight is 447 g/mol. The highest BCUT2D eigenvalue weighted by atomic mass is 19.1. The molecule has 0 saturated carbocycles. The number of benzene rings is 3. The second-order valence-corrected chi connectivity index (χ2v) is 8.41. The van der Waals surface area contributed by atoms with E-state index < -0.39 is 11.8 Å². The van der Waals surface area contributed by atoms with Crippen molar-refractivity contribution in [3.63, 3.8) is 0 Å². The predicted molar refractivity (Wildman–Crippen MR) is 128 cm³/mol. The van der Waals surface area contributed by atoms with Gasteiger partial charge in [-0.25, -0.2) is 4.39 Å². The lowest BCUT2D eigenvalue weighted by Crippen LogP contribution is -2.05. The Morgan fingerprint density at radius 2 is 1.91 bits per heavy atom. The lowest BCUT2D eigenvalue weighted by atomic mass is 9.97. The normalized spacial score (nSPS) is 11.3. The van der Waals surface area contributed by atoms with Crippen LogP contribution in [0.25, 0.3) is 22.0 Å². The summed E-state index contributed by atoms with van der Waals surface area (Å²) in [5, 5.41) is 10.3. The van der Waals surface area contributed by atoms with Gasteiger partial charge in [-0.15, -0.1) is 0 Å². The van der Waals surface area contributed by atoms with Gasteiger partial charge in [0.25, 0.3) is 0 Å². The summed E-state index contributed by atoms with van der Waals surface area (Å²) in [7, 11) is 0. The van der Waals surface area contributed by atoms with Gasteiger partial charge < -0.3 is 20.1 Å². The minimum Gasteiger partial charge on any atom is -0.489 e. The fourth-order valence-corrected chi connectivity index (χ4v) is 4.11. The van der Waals surface area contributed by atoms with Crippen molar-refractivity contribution in [2.24, 2.45) is 5.73 Å². The second kappa shape index (κ2) is 9.46. The number of carbonyl (C=O) groups is 1. The van der Waals surface area contributed by atoms with E-state index in [1.165, 1.54) is 18.2 Å². The van der Waals surface area contributed by atoms with Crippen molar-refractivity contribution in [2.45, 2.75) is 39.5 Å². The van der Waals surface area contributed by atoms with Gasteiger partial charge in [0.05, 0.1) is 6.42 Å². The molecule has 0 atom stereocenters. The molecule has 33 heavy (non-hydrogen) atoms. The van der Waals surface area contributed by atoms with Crippen LogP contribution in [0, 0.1) is 5.82 Å². The zero-order valence-electron chi connectivity index (χ0n) is 18.7. The van der Waals surface area contributed by atoms with Gasteiger partial charge in [-0.3, -0.25) is 4.79 Å². The summed E-state index contributed by atoms with van der Waals surface area (Å²) < 4.78 is 21.9. The number of hydrogen-bond acceptors (Lipinski definition) is 3. The summed E-state index contributed by atoms with van der Waals surface area (Å²) in [5.74, 6) is -1.16. The van der Waals surface area contributed by atoms with Crippen LogP contribution in [0.15, 0.2) is 66.9 Å². The highest BCUT2D eigenvalue weighted by molar-refractivity contribution is 5.96. The van der Waals surface area contributed by atoms with Gasteiger partial charge >= 0.3 is 5.97 Å². The number of nitrogens with two attached hydrogens (primary N) is 1. The summed E-state index contributed by atoms with van der Waals surface area (Å²) in [4.78, 5) is 11.2. The molecule has 4 rings (SSSR count). The first-order chi connectivity index (χ1) is 15.9. The van der Waals surface area contributed by atoms with E-state index in [9.17, 15) is 9.18 Å². The number of nitrogens with zero attached hydrogens (tertiary/aromatic N) is 1. The van der Waals surface area contributed by atoms with E-state index in [2.05, 4.69) is 54.9 Å². The third kappa shape index (κ3) is 4.91. The number of rotatable bonds is 8. The van der Waals surface area contributed by atoms with Gasteiger partial charge in [0.1, 0.15) is 18.2 Å². The maximum atomic E-state index is 13.7. The Kier molecular flexibility index (Phi) is 6.47. The Morgan fingerprint density at radius 3 is 2.64 bits per heavy atom. The second-order valence-electron chi connectivity index (χ2n) is 8.41. The van der Waals surface area contributed by atoms with E-state index in [0.717, 1.165) is 33.2 Å². The standard InChI is InChI=1S/C27H27FN2O3/c1-17(2)30-9-8-23-24(20-5-3-4-18(10-20)15-29)11-19(12-25(23)30)16-33-26-7-6-22(28)13-21(26)14-27(31)32/h3-13,17H,14-16,29H2,1-2H3,(H,31,32). The van der Waals surface area contributed by atoms with Crippen LogP contribution in [0.4, 0.5) is 4.39 Å².